The summed E-state index contributed by atoms with van der Waals surface area (Å²) in [6.45, 7) is 9.42. The Balaban J connectivity index is 1.48. The van der Waals surface area contributed by atoms with E-state index in [-0.39, 0.29) is 6.03 Å². The number of ether oxygens (including phenoxy) is 1. The number of amides is 2. The van der Waals surface area contributed by atoms with Crippen molar-refractivity contribution in [3.8, 4) is 0 Å². The standard InChI is InChI=1S/C17H25N3O2/c1-15-3-2-4-16(13-15)14-18-5-7-19(8-6-18)17(21)20-9-11-22-12-10-20/h2-4,13H,5-12,14H2,1H3. The van der Waals surface area contributed by atoms with E-state index >= 15 is 0 Å². The number of morpholine rings is 1. The lowest BCUT2D eigenvalue weighted by Gasteiger charge is -2.38. The minimum Gasteiger partial charge on any atom is -0.378 e. The molecule has 1 aromatic carbocycles. The molecular formula is C17H25N3O2. The van der Waals surface area contributed by atoms with Crippen LogP contribution in [0.2, 0.25) is 0 Å². The second-order valence-electron chi connectivity index (χ2n) is 6.13. The number of piperazine rings is 1. The molecular weight excluding hydrogens is 278 g/mol. The van der Waals surface area contributed by atoms with Crippen LogP contribution in [0.4, 0.5) is 4.79 Å². The number of hydrogen-bond acceptors (Lipinski definition) is 3. The maximum atomic E-state index is 12.4. The van der Waals surface area contributed by atoms with Crippen molar-refractivity contribution in [2.75, 3.05) is 52.5 Å². The molecule has 2 amide bonds. The lowest BCUT2D eigenvalue weighted by Crippen LogP contribution is -2.54. The number of urea groups is 1. The third kappa shape index (κ3) is 3.78. The van der Waals surface area contributed by atoms with Crippen LogP contribution in [-0.4, -0.2) is 73.2 Å². The lowest BCUT2D eigenvalue weighted by molar-refractivity contribution is 0.0373. The summed E-state index contributed by atoms with van der Waals surface area (Å²) in [4.78, 5) is 18.8. The zero-order valence-electron chi connectivity index (χ0n) is 13.3. The van der Waals surface area contributed by atoms with Gasteiger partial charge in [0, 0.05) is 45.8 Å². The van der Waals surface area contributed by atoms with E-state index in [0.717, 1.165) is 45.8 Å². The van der Waals surface area contributed by atoms with E-state index in [1.807, 2.05) is 9.80 Å². The van der Waals surface area contributed by atoms with Crippen LogP contribution in [0.1, 0.15) is 11.1 Å². The van der Waals surface area contributed by atoms with E-state index in [0.29, 0.717) is 13.2 Å². The minimum absolute atomic E-state index is 0.179. The van der Waals surface area contributed by atoms with E-state index in [1.165, 1.54) is 11.1 Å². The lowest BCUT2D eigenvalue weighted by atomic mass is 10.1. The first-order valence-corrected chi connectivity index (χ1v) is 8.12. The van der Waals surface area contributed by atoms with Crippen LogP contribution >= 0.6 is 0 Å². The molecule has 0 spiro atoms. The van der Waals surface area contributed by atoms with E-state index < -0.39 is 0 Å². The molecule has 0 radical (unpaired) electrons. The number of aryl methyl sites for hydroxylation is 1. The van der Waals surface area contributed by atoms with Gasteiger partial charge in [-0.2, -0.15) is 0 Å². The van der Waals surface area contributed by atoms with Gasteiger partial charge in [-0.25, -0.2) is 4.79 Å². The van der Waals surface area contributed by atoms with Crippen LogP contribution in [-0.2, 0) is 11.3 Å². The summed E-state index contributed by atoms with van der Waals surface area (Å²) in [6, 6.07) is 8.84. The molecule has 3 rings (SSSR count). The van der Waals surface area contributed by atoms with Crippen LogP contribution in [0.5, 0.6) is 0 Å². The number of carbonyl (C=O) groups is 1. The summed E-state index contributed by atoms with van der Waals surface area (Å²) in [6.07, 6.45) is 0. The van der Waals surface area contributed by atoms with Crippen LogP contribution in [0.15, 0.2) is 24.3 Å². The number of hydrogen-bond donors (Lipinski definition) is 0. The van der Waals surface area contributed by atoms with Crippen LogP contribution in [0.25, 0.3) is 0 Å². The Kier molecular flexibility index (Phi) is 4.95. The molecule has 22 heavy (non-hydrogen) atoms. The van der Waals surface area contributed by atoms with Gasteiger partial charge in [0.2, 0.25) is 0 Å². The molecule has 0 bridgehead atoms. The predicted molar refractivity (Wildman–Crippen MR) is 85.8 cm³/mol. The Morgan fingerprint density at radius 1 is 1.05 bits per heavy atom. The van der Waals surface area contributed by atoms with Crippen molar-refractivity contribution in [2.24, 2.45) is 0 Å². The largest absolute Gasteiger partial charge is 0.378 e. The third-order valence-electron chi connectivity index (χ3n) is 4.41. The number of carbonyl (C=O) groups excluding carboxylic acids is 1. The van der Waals surface area contributed by atoms with E-state index in [4.69, 9.17) is 4.74 Å². The van der Waals surface area contributed by atoms with Gasteiger partial charge in [-0.05, 0) is 12.5 Å². The summed E-state index contributed by atoms with van der Waals surface area (Å²) in [5, 5.41) is 0. The molecule has 0 saturated carbocycles. The van der Waals surface area contributed by atoms with Gasteiger partial charge in [-0.3, -0.25) is 4.90 Å². The monoisotopic (exact) mass is 303 g/mol. The van der Waals surface area contributed by atoms with Gasteiger partial charge in [0.15, 0.2) is 0 Å². The van der Waals surface area contributed by atoms with Gasteiger partial charge in [0.25, 0.3) is 0 Å². The summed E-state index contributed by atoms with van der Waals surface area (Å²) < 4.78 is 5.31. The molecule has 5 heteroatoms. The van der Waals surface area contributed by atoms with Crippen molar-refractivity contribution in [1.82, 2.24) is 14.7 Å². The maximum Gasteiger partial charge on any atom is 0.320 e. The van der Waals surface area contributed by atoms with Gasteiger partial charge < -0.3 is 14.5 Å². The molecule has 1 aromatic rings. The average molecular weight is 303 g/mol. The molecule has 0 aliphatic carbocycles. The summed E-state index contributed by atoms with van der Waals surface area (Å²) in [7, 11) is 0. The number of rotatable bonds is 2. The van der Waals surface area contributed by atoms with Gasteiger partial charge in [-0.15, -0.1) is 0 Å². The normalized spacial score (nSPS) is 20.2. The second-order valence-corrected chi connectivity index (χ2v) is 6.13. The highest BCUT2D eigenvalue weighted by molar-refractivity contribution is 5.74. The fourth-order valence-corrected chi connectivity index (χ4v) is 3.12. The van der Waals surface area contributed by atoms with Crippen molar-refractivity contribution in [3.05, 3.63) is 35.4 Å². The van der Waals surface area contributed by atoms with E-state index in [1.54, 1.807) is 0 Å². The first-order valence-electron chi connectivity index (χ1n) is 8.12. The summed E-state index contributed by atoms with van der Waals surface area (Å²) in [5.74, 6) is 0. The quantitative estimate of drug-likeness (QED) is 0.832. The zero-order valence-corrected chi connectivity index (χ0v) is 13.3. The third-order valence-corrected chi connectivity index (χ3v) is 4.41. The van der Waals surface area contributed by atoms with Crippen molar-refractivity contribution in [1.29, 1.82) is 0 Å². The van der Waals surface area contributed by atoms with Gasteiger partial charge in [0.05, 0.1) is 13.2 Å². The second kappa shape index (κ2) is 7.11. The Bertz CT molecular complexity index is 506. The molecule has 2 saturated heterocycles. The fraction of sp³-hybridized carbons (Fsp3) is 0.588. The summed E-state index contributed by atoms with van der Waals surface area (Å²) in [5.41, 5.74) is 2.66. The molecule has 2 aliphatic rings. The van der Waals surface area contributed by atoms with Gasteiger partial charge in [0.1, 0.15) is 0 Å². The molecule has 0 aromatic heterocycles. The van der Waals surface area contributed by atoms with Crippen molar-refractivity contribution >= 4 is 6.03 Å². The summed E-state index contributed by atoms with van der Waals surface area (Å²) >= 11 is 0. The van der Waals surface area contributed by atoms with E-state index in [9.17, 15) is 4.79 Å². The molecule has 0 atom stereocenters. The number of benzene rings is 1. The van der Waals surface area contributed by atoms with Crippen molar-refractivity contribution < 1.29 is 9.53 Å². The van der Waals surface area contributed by atoms with Gasteiger partial charge in [-0.1, -0.05) is 29.8 Å². The first kappa shape index (κ1) is 15.3. The topological polar surface area (TPSA) is 36.0 Å². The van der Waals surface area contributed by atoms with Crippen LogP contribution in [0, 0.1) is 6.92 Å². The predicted octanol–water partition coefficient (Wildman–Crippen LogP) is 1.56. The molecule has 2 aliphatic heterocycles. The Morgan fingerprint density at radius 3 is 2.41 bits per heavy atom. The Morgan fingerprint density at radius 2 is 1.73 bits per heavy atom. The fourth-order valence-electron chi connectivity index (χ4n) is 3.12. The molecule has 120 valence electrons. The number of nitrogens with zero attached hydrogens (tertiary/aromatic N) is 3. The Labute approximate surface area is 132 Å². The highest BCUT2D eigenvalue weighted by Gasteiger charge is 2.26. The first-order chi connectivity index (χ1) is 10.7. The molecule has 0 N–H and O–H groups in total. The Hall–Kier alpha value is -1.59. The van der Waals surface area contributed by atoms with Crippen molar-refractivity contribution in [2.45, 2.75) is 13.5 Å². The molecule has 0 unspecified atom stereocenters. The molecule has 2 heterocycles. The maximum absolute atomic E-state index is 12.4. The van der Waals surface area contributed by atoms with E-state index in [2.05, 4.69) is 36.1 Å². The minimum atomic E-state index is 0.179. The van der Waals surface area contributed by atoms with Crippen LogP contribution < -0.4 is 0 Å². The zero-order chi connectivity index (χ0) is 15.4. The SMILES string of the molecule is Cc1cccc(CN2CCN(C(=O)N3CCOCC3)CC2)c1. The van der Waals surface area contributed by atoms with Gasteiger partial charge >= 0.3 is 6.03 Å². The smallest absolute Gasteiger partial charge is 0.320 e. The van der Waals surface area contributed by atoms with Crippen LogP contribution in [0.3, 0.4) is 0 Å². The van der Waals surface area contributed by atoms with Crippen molar-refractivity contribution in [3.63, 3.8) is 0 Å². The highest BCUT2D eigenvalue weighted by Crippen LogP contribution is 2.12. The molecule has 5 nitrogen and oxygen atoms in total. The average Bonchev–Trinajstić information content (AvgIpc) is 2.56. The molecule has 2 fully saturated rings. The highest BCUT2D eigenvalue weighted by atomic mass is 16.5.